The molecule has 0 aliphatic heterocycles. The van der Waals surface area contributed by atoms with E-state index in [1.807, 2.05) is 50.5 Å². The van der Waals surface area contributed by atoms with E-state index in [4.69, 9.17) is 11.5 Å². The molecule has 2 aromatic heterocycles. The molecule has 1 radical (unpaired) electrons. The Hall–Kier alpha value is -3.90. The molecule has 0 aliphatic rings. The predicted molar refractivity (Wildman–Crippen MR) is 112 cm³/mol. The van der Waals surface area contributed by atoms with Gasteiger partial charge in [0.2, 0.25) is 0 Å². The number of nitrogen functional groups attached to an aromatic ring is 2. The minimum absolute atomic E-state index is 0. The molecule has 0 aliphatic carbocycles. The van der Waals surface area contributed by atoms with Crippen LogP contribution in [0.25, 0.3) is 0 Å². The van der Waals surface area contributed by atoms with Gasteiger partial charge < -0.3 is 67.0 Å². The number of rotatable bonds is 4. The summed E-state index contributed by atoms with van der Waals surface area (Å²) >= 11 is 0. The van der Waals surface area contributed by atoms with Crippen LogP contribution in [-0.2, 0) is 36.2 Å². The molecule has 0 spiro atoms. The van der Waals surface area contributed by atoms with Crippen LogP contribution in [-0.4, -0.2) is 51.3 Å². The van der Waals surface area contributed by atoms with Crippen LogP contribution in [0.1, 0.15) is 24.0 Å². The van der Waals surface area contributed by atoms with Gasteiger partial charge in [0.25, 0.3) is 11.6 Å². The molecule has 2 aromatic rings. The van der Waals surface area contributed by atoms with Crippen LogP contribution in [0.5, 0.6) is 0 Å². The van der Waals surface area contributed by atoms with Crippen molar-refractivity contribution >= 4 is 35.5 Å². The Morgan fingerprint density at radius 3 is 0.944 bits per heavy atom. The second-order valence-electron chi connectivity index (χ2n) is 5.48. The predicted octanol–water partition coefficient (Wildman–Crippen LogP) is -9.59. The van der Waals surface area contributed by atoms with Gasteiger partial charge in [0.05, 0.1) is 12.4 Å². The van der Waals surface area contributed by atoms with E-state index in [-0.39, 0.29) is 44.4 Å². The van der Waals surface area contributed by atoms with E-state index >= 15 is 0 Å². The van der Waals surface area contributed by atoms with Gasteiger partial charge in [-0.25, -0.2) is 9.97 Å². The Balaban J connectivity index is -0.0000000460. The van der Waals surface area contributed by atoms with E-state index in [1.54, 1.807) is 0 Å². The molecule has 0 fully saturated rings. The number of carboxylic acids is 4. The van der Waals surface area contributed by atoms with Gasteiger partial charge in [0.15, 0.2) is 0 Å². The maximum Gasteiger partial charge on any atom is 2.00 e. The normalized spacial score (nSPS) is 7.17. The first-order chi connectivity index (χ1) is 13.8. The summed E-state index contributed by atoms with van der Waals surface area (Å²) in [6.07, 6.45) is 1.59. The Bertz CT molecular complexity index is 729. The van der Waals surface area contributed by atoms with Gasteiger partial charge in [0.1, 0.15) is 0 Å². The van der Waals surface area contributed by atoms with Crippen LogP contribution in [0.3, 0.4) is 0 Å². The van der Waals surface area contributed by atoms with Crippen molar-refractivity contribution in [3.8, 4) is 0 Å². The van der Waals surface area contributed by atoms with Crippen molar-refractivity contribution in [3.63, 3.8) is 0 Å². The SMILES string of the molecule is Cc1cc[nH+]c(N)c1.Cc1cc[nH+]c(N)c1.O.O.O.O.O.O=C([O-])CC(=O)[O-].O=C([O-])CC(=O)[O-].[Cu+2]. The number of H-pyrrole nitrogens is 2. The summed E-state index contributed by atoms with van der Waals surface area (Å²) in [4.78, 5) is 42.8. The number of anilines is 2. The summed E-state index contributed by atoms with van der Waals surface area (Å²) in [5.41, 5.74) is 13.2. The summed E-state index contributed by atoms with van der Waals surface area (Å²) in [5.74, 6) is -5.07. The zero-order valence-corrected chi connectivity index (χ0v) is 20.0. The van der Waals surface area contributed by atoms with Crippen LogP contribution in [0, 0.1) is 13.8 Å². The Morgan fingerprint density at radius 1 is 0.639 bits per heavy atom. The minimum Gasteiger partial charge on any atom is -0.550 e. The molecule has 16 N–H and O–H groups in total. The number of aromatic amines is 2. The first kappa shape index (κ1) is 53.5. The molecule has 0 saturated carbocycles. The van der Waals surface area contributed by atoms with Gasteiger partial charge in [-0.3, -0.25) is 11.5 Å². The van der Waals surface area contributed by atoms with E-state index < -0.39 is 36.7 Å². The Morgan fingerprint density at radius 2 is 0.861 bits per heavy atom. The Labute approximate surface area is 215 Å². The second-order valence-corrected chi connectivity index (χ2v) is 5.48. The standard InChI is InChI=1S/2C6H8N2.2C3H4O4.Cu.5H2O/c2*1-5-2-3-8-6(7)4-5;2*4-2(5)1-3(6)7;;;;;;/h2*2-4H,1H3,(H2,7,8);2*1H2,(H,4,5)(H,6,7);;5*1H2/q;;;;+2;;;;;/p-2. The molecule has 0 atom stereocenters. The third kappa shape index (κ3) is 43.9. The number of aryl methyl sites for hydroxylation is 2. The van der Waals surface area contributed by atoms with Crippen molar-refractivity contribution in [2.24, 2.45) is 0 Å². The fourth-order valence-electron chi connectivity index (χ4n) is 1.44. The van der Waals surface area contributed by atoms with Crippen molar-refractivity contribution in [1.82, 2.24) is 0 Å². The molecule has 213 valence electrons. The first-order valence-electron chi connectivity index (χ1n) is 8.10. The van der Waals surface area contributed by atoms with Crippen molar-refractivity contribution in [3.05, 3.63) is 47.8 Å². The smallest absolute Gasteiger partial charge is 0.550 e. The van der Waals surface area contributed by atoms with Gasteiger partial charge >= 0.3 is 17.1 Å². The van der Waals surface area contributed by atoms with Gasteiger partial charge in [-0.15, -0.1) is 0 Å². The van der Waals surface area contributed by atoms with E-state index in [1.165, 1.54) is 11.1 Å². The number of carbonyl (C=O) groups is 4. The molecule has 2 rings (SSSR count). The van der Waals surface area contributed by atoms with E-state index in [2.05, 4.69) is 9.97 Å². The summed E-state index contributed by atoms with van der Waals surface area (Å²) < 4.78 is 0. The van der Waals surface area contributed by atoms with Crippen molar-refractivity contribution in [1.29, 1.82) is 0 Å². The van der Waals surface area contributed by atoms with Crippen molar-refractivity contribution in [2.75, 3.05) is 11.5 Å². The number of hydrogen-bond donors (Lipinski definition) is 2. The zero-order chi connectivity index (χ0) is 23.7. The number of nitrogens with two attached hydrogens (primary N) is 2. The fraction of sp³-hybridized carbons (Fsp3) is 0.222. The maximum atomic E-state index is 9.28. The number of aliphatic carboxylic acids is 4. The summed E-state index contributed by atoms with van der Waals surface area (Å²) in [6, 6.07) is 7.72. The molecule has 0 saturated heterocycles. The quantitative estimate of drug-likeness (QED) is 0.255. The number of pyridine rings is 2. The largest absolute Gasteiger partial charge is 2.00 e. The molecule has 0 aromatic carbocycles. The van der Waals surface area contributed by atoms with Crippen LogP contribution < -0.4 is 41.9 Å². The van der Waals surface area contributed by atoms with E-state index in [9.17, 15) is 39.6 Å². The van der Waals surface area contributed by atoms with Crippen LogP contribution >= 0.6 is 0 Å². The molecule has 17 nitrogen and oxygen atoms in total. The van der Waals surface area contributed by atoms with Gasteiger partial charge in [-0.2, -0.15) is 0 Å². The van der Waals surface area contributed by atoms with Crippen molar-refractivity contribution < 1.29 is 94.0 Å². The molecule has 2 heterocycles. The molecular formula is C18H32CuN4O13. The topological polar surface area (TPSA) is 398 Å². The Kier molecular flexibility index (Phi) is 46.2. The molecule has 0 unspecified atom stereocenters. The first-order valence-corrected chi connectivity index (χ1v) is 8.10. The van der Waals surface area contributed by atoms with Crippen LogP contribution in [0.2, 0.25) is 0 Å². The molecule has 0 bridgehead atoms. The third-order valence-electron chi connectivity index (χ3n) is 2.54. The number of aromatic nitrogens is 2. The van der Waals surface area contributed by atoms with Crippen molar-refractivity contribution in [2.45, 2.75) is 26.7 Å². The number of hydrogen-bond acceptors (Lipinski definition) is 10. The second kappa shape index (κ2) is 31.1. The van der Waals surface area contributed by atoms with Gasteiger partial charge in [-0.05, 0) is 37.1 Å². The average molecular weight is 576 g/mol. The van der Waals surface area contributed by atoms with E-state index in [0.29, 0.717) is 11.6 Å². The van der Waals surface area contributed by atoms with Crippen LogP contribution in [0.15, 0.2) is 36.7 Å². The molecular weight excluding hydrogens is 544 g/mol. The monoisotopic (exact) mass is 575 g/mol. The average Bonchev–Trinajstić information content (AvgIpc) is 2.53. The summed E-state index contributed by atoms with van der Waals surface area (Å²) in [7, 11) is 0. The zero-order valence-electron chi connectivity index (χ0n) is 19.1. The summed E-state index contributed by atoms with van der Waals surface area (Å²) in [5, 5.41) is 37.1. The van der Waals surface area contributed by atoms with Crippen LogP contribution in [0.4, 0.5) is 11.6 Å². The maximum absolute atomic E-state index is 9.28. The van der Waals surface area contributed by atoms with Gasteiger partial charge in [-0.1, -0.05) is 0 Å². The fourth-order valence-corrected chi connectivity index (χ4v) is 1.44. The number of carboxylic acid groups (broad SMARTS) is 4. The summed E-state index contributed by atoms with van der Waals surface area (Å²) in [6.45, 7) is 4.01. The third-order valence-corrected chi connectivity index (χ3v) is 2.54. The molecule has 0 amide bonds. The van der Waals surface area contributed by atoms with Gasteiger partial charge in [0, 0.05) is 48.9 Å². The number of carbonyl (C=O) groups excluding carboxylic acids is 4. The van der Waals surface area contributed by atoms with E-state index in [0.717, 1.165) is 0 Å². The number of nitrogens with one attached hydrogen (secondary N) is 2. The molecule has 18 heteroatoms. The minimum atomic E-state index is -1.63. The molecule has 36 heavy (non-hydrogen) atoms.